The van der Waals surface area contributed by atoms with Crippen molar-refractivity contribution in [3.8, 4) is 0 Å². The van der Waals surface area contributed by atoms with Crippen LogP contribution in [0.3, 0.4) is 0 Å². The Hall–Kier alpha value is -2.04. The maximum absolute atomic E-state index is 14.0. The van der Waals surface area contributed by atoms with Crippen LogP contribution in [-0.4, -0.2) is 95.6 Å². The molecule has 0 amide bonds. The lowest BCUT2D eigenvalue weighted by molar-refractivity contribution is 0.0730. The Kier molecular flexibility index (Phi) is 8.10. The number of hydrogen-bond acceptors (Lipinski definition) is 8. The van der Waals surface area contributed by atoms with Gasteiger partial charge in [-0.1, -0.05) is 29.8 Å². The van der Waals surface area contributed by atoms with Crippen LogP contribution in [0.2, 0.25) is 5.02 Å². The zero-order valence-corrected chi connectivity index (χ0v) is 24.1. The maximum atomic E-state index is 14.0. The molecule has 0 spiro atoms. The Morgan fingerprint density at radius 1 is 0.872 bits per heavy atom. The summed E-state index contributed by atoms with van der Waals surface area (Å²) in [6.45, 7) is 1.67. The highest BCUT2D eigenvalue weighted by Gasteiger charge is 2.37. The molecule has 3 aromatic rings. The van der Waals surface area contributed by atoms with Gasteiger partial charge in [-0.2, -0.15) is 8.61 Å². The molecule has 11 nitrogen and oxygen atoms in total. The van der Waals surface area contributed by atoms with Gasteiger partial charge in [-0.3, -0.25) is 0 Å². The van der Waals surface area contributed by atoms with Gasteiger partial charge >= 0.3 is 0 Å². The molecule has 0 aliphatic carbocycles. The van der Waals surface area contributed by atoms with Gasteiger partial charge in [0.15, 0.2) is 5.03 Å². The highest BCUT2D eigenvalue weighted by atomic mass is 35.5. The summed E-state index contributed by atoms with van der Waals surface area (Å²) in [4.78, 5) is -0.0552. The van der Waals surface area contributed by atoms with E-state index in [1.165, 1.54) is 45.0 Å². The Bertz CT molecular complexity index is 1670. The molecule has 2 aromatic carbocycles. The van der Waals surface area contributed by atoms with Crippen molar-refractivity contribution in [3.63, 3.8) is 0 Å². The van der Waals surface area contributed by atoms with Gasteiger partial charge < -0.3 is 10.1 Å². The predicted octanol–water partition coefficient (Wildman–Crippen LogP) is 1.55. The minimum atomic E-state index is -4.31. The zero-order valence-electron chi connectivity index (χ0n) is 20.9. The summed E-state index contributed by atoms with van der Waals surface area (Å²) in [6, 6.07) is 13.0. The first-order valence-electron chi connectivity index (χ1n) is 12.4. The quantitative estimate of drug-likeness (QED) is 0.403. The van der Waals surface area contributed by atoms with Gasteiger partial charge in [-0.25, -0.2) is 29.2 Å². The van der Waals surface area contributed by atoms with Crippen LogP contribution in [0, 0.1) is 0 Å². The largest absolute Gasteiger partial charge is 0.379 e. The normalized spacial score (nSPS) is 20.4. The van der Waals surface area contributed by atoms with Gasteiger partial charge in [0, 0.05) is 49.2 Å². The van der Waals surface area contributed by atoms with Crippen LogP contribution >= 0.6 is 11.6 Å². The topological polar surface area (TPSA) is 135 Å². The summed E-state index contributed by atoms with van der Waals surface area (Å²) in [7, 11) is -12.1. The molecule has 15 heteroatoms. The molecule has 0 bridgehead atoms. The molecule has 2 fully saturated rings. The van der Waals surface area contributed by atoms with E-state index < -0.39 is 41.1 Å². The lowest BCUT2D eigenvalue weighted by Crippen LogP contribution is -2.53. The van der Waals surface area contributed by atoms with E-state index in [0.29, 0.717) is 43.3 Å². The number of nitrogens with zero attached hydrogens (tertiary/aromatic N) is 3. The molecule has 1 N–H and O–H groups in total. The van der Waals surface area contributed by atoms with E-state index in [9.17, 15) is 25.3 Å². The van der Waals surface area contributed by atoms with Crippen molar-refractivity contribution in [3.05, 3.63) is 59.6 Å². The predicted molar refractivity (Wildman–Crippen MR) is 147 cm³/mol. The molecule has 2 saturated heterocycles. The molecule has 0 saturated carbocycles. The van der Waals surface area contributed by atoms with Crippen LogP contribution in [0.4, 0.5) is 0 Å². The highest BCUT2D eigenvalue weighted by Crippen LogP contribution is 2.32. The SMILES string of the molecule is O=S(=O)(CCC1CN(S(=O)(=O)c2cc3cc(Cl)ccc3n2S(=O)(=O)c2ccccc2)CCN1)N1CCOCC1. The van der Waals surface area contributed by atoms with Crippen LogP contribution in [0.1, 0.15) is 6.42 Å². The van der Waals surface area contributed by atoms with Crippen molar-refractivity contribution < 1.29 is 30.0 Å². The fourth-order valence-electron chi connectivity index (χ4n) is 4.85. The number of halogens is 1. The van der Waals surface area contributed by atoms with Crippen molar-refractivity contribution in [1.29, 1.82) is 0 Å². The third-order valence-electron chi connectivity index (χ3n) is 6.88. The highest BCUT2D eigenvalue weighted by molar-refractivity contribution is 7.92. The summed E-state index contributed by atoms with van der Waals surface area (Å²) >= 11 is 6.13. The molecule has 1 aromatic heterocycles. The number of nitrogens with one attached hydrogen (secondary N) is 1. The third-order valence-corrected chi connectivity index (χ3v) is 12.7. The first-order chi connectivity index (χ1) is 18.5. The van der Waals surface area contributed by atoms with Gasteiger partial charge in [0.1, 0.15) is 0 Å². The molecule has 0 radical (unpaired) electrons. The smallest absolute Gasteiger partial charge is 0.269 e. The van der Waals surface area contributed by atoms with Gasteiger partial charge in [-0.15, -0.1) is 0 Å². The first-order valence-corrected chi connectivity index (χ1v) is 17.3. The fraction of sp³-hybridized carbons (Fsp3) is 0.417. The minimum absolute atomic E-state index is 0.00533. The molecule has 1 atom stereocenters. The number of piperazine rings is 1. The van der Waals surface area contributed by atoms with Crippen LogP contribution in [0.25, 0.3) is 10.9 Å². The number of sulfonamides is 2. The Labute approximate surface area is 233 Å². The summed E-state index contributed by atoms with van der Waals surface area (Å²) in [5, 5.41) is 3.50. The molecule has 39 heavy (non-hydrogen) atoms. The molecular formula is C24H29ClN4O7S3. The van der Waals surface area contributed by atoms with Crippen molar-refractivity contribution in [2.24, 2.45) is 0 Å². The lowest BCUT2D eigenvalue weighted by atomic mass is 10.2. The Balaban J connectivity index is 1.45. The second kappa shape index (κ2) is 11.1. The summed E-state index contributed by atoms with van der Waals surface area (Å²) in [6.07, 6.45) is 0.201. The molecule has 3 heterocycles. The molecular weight excluding hydrogens is 588 g/mol. The monoisotopic (exact) mass is 616 g/mol. The zero-order chi connectivity index (χ0) is 27.8. The van der Waals surface area contributed by atoms with E-state index in [4.69, 9.17) is 16.3 Å². The van der Waals surface area contributed by atoms with E-state index >= 15 is 0 Å². The minimum Gasteiger partial charge on any atom is -0.379 e. The van der Waals surface area contributed by atoms with Gasteiger partial charge in [0.2, 0.25) is 10.0 Å². The van der Waals surface area contributed by atoms with E-state index in [0.717, 1.165) is 3.97 Å². The van der Waals surface area contributed by atoms with Crippen molar-refractivity contribution >= 4 is 52.6 Å². The van der Waals surface area contributed by atoms with E-state index in [-0.39, 0.29) is 35.7 Å². The van der Waals surface area contributed by atoms with Crippen LogP contribution in [-0.2, 0) is 34.8 Å². The molecule has 2 aliphatic rings. The Morgan fingerprint density at radius 3 is 2.31 bits per heavy atom. The average molecular weight is 617 g/mol. The number of benzene rings is 2. The van der Waals surface area contributed by atoms with Crippen LogP contribution < -0.4 is 5.32 Å². The van der Waals surface area contributed by atoms with Crippen molar-refractivity contribution in [1.82, 2.24) is 17.9 Å². The number of hydrogen-bond donors (Lipinski definition) is 1. The van der Waals surface area contributed by atoms with Gasteiger partial charge in [0.25, 0.3) is 20.0 Å². The lowest BCUT2D eigenvalue weighted by Gasteiger charge is -2.33. The van der Waals surface area contributed by atoms with Crippen LogP contribution in [0.5, 0.6) is 0 Å². The molecule has 1 unspecified atom stereocenters. The third kappa shape index (κ3) is 5.75. The molecule has 212 valence electrons. The number of aromatic nitrogens is 1. The summed E-state index contributed by atoms with van der Waals surface area (Å²) in [5.41, 5.74) is 0.185. The van der Waals surface area contributed by atoms with Gasteiger partial charge in [0.05, 0.1) is 29.4 Å². The fourth-order valence-corrected chi connectivity index (χ4v) is 10.1. The summed E-state index contributed by atoms with van der Waals surface area (Å²) < 4.78 is 89.6. The van der Waals surface area contributed by atoms with E-state index in [1.54, 1.807) is 18.2 Å². The maximum Gasteiger partial charge on any atom is 0.269 e. The second-order valence-electron chi connectivity index (χ2n) is 9.40. The number of rotatable bonds is 8. The van der Waals surface area contributed by atoms with Crippen molar-refractivity contribution in [2.75, 3.05) is 51.7 Å². The molecule has 5 rings (SSSR count). The Morgan fingerprint density at radius 2 is 1.59 bits per heavy atom. The summed E-state index contributed by atoms with van der Waals surface area (Å²) in [5.74, 6) is -0.139. The second-order valence-corrected chi connectivity index (χ2v) is 15.6. The standard InChI is InChI=1S/C24H29ClN4O7S3/c25-20-6-7-23-19(16-20)17-24(29(23)38(32,33)22-4-2-1-3-5-22)39(34,35)28-10-9-26-21(18-28)8-15-37(30,31)27-11-13-36-14-12-27/h1-7,16-17,21,26H,8-15,18H2. The van der Waals surface area contributed by atoms with Crippen LogP contribution in [0.15, 0.2) is 64.5 Å². The average Bonchev–Trinajstić information content (AvgIpc) is 3.33. The van der Waals surface area contributed by atoms with Gasteiger partial charge in [-0.05, 0) is 42.8 Å². The van der Waals surface area contributed by atoms with E-state index in [1.807, 2.05) is 0 Å². The van der Waals surface area contributed by atoms with Crippen molar-refractivity contribution in [2.45, 2.75) is 22.4 Å². The first kappa shape index (κ1) is 28.5. The van der Waals surface area contributed by atoms with E-state index in [2.05, 4.69) is 5.32 Å². The number of fused-ring (bicyclic) bond motifs is 1. The number of ether oxygens (including phenoxy) is 1. The molecule has 2 aliphatic heterocycles. The number of morpholine rings is 1.